The minimum atomic E-state index is -0.700. The van der Waals surface area contributed by atoms with Gasteiger partial charge < -0.3 is 20.3 Å². The normalized spacial score (nSPS) is 24.9. The number of halogens is 1. The molecule has 1 heterocycles. The van der Waals surface area contributed by atoms with Crippen LogP contribution in [0.4, 0.5) is 5.69 Å². The van der Waals surface area contributed by atoms with Crippen LogP contribution in [0.5, 0.6) is 5.75 Å². The van der Waals surface area contributed by atoms with Crippen molar-refractivity contribution in [3.05, 3.63) is 24.3 Å². The zero-order valence-corrected chi connectivity index (χ0v) is 22.3. The van der Waals surface area contributed by atoms with Gasteiger partial charge in [-0.15, -0.1) is 24.0 Å². The molecule has 31 heavy (non-hydrogen) atoms. The molecule has 1 aliphatic carbocycles. The highest BCUT2D eigenvalue weighted by atomic mass is 127. The Morgan fingerprint density at radius 1 is 1.26 bits per heavy atom. The molecule has 0 aromatic heterocycles. The van der Waals surface area contributed by atoms with E-state index in [4.69, 9.17) is 9.73 Å². The van der Waals surface area contributed by atoms with Crippen LogP contribution in [-0.2, 0) is 10.8 Å². The molecule has 3 rings (SSSR count). The molecular weight excluding hydrogens is 523 g/mol. The van der Waals surface area contributed by atoms with E-state index in [0.29, 0.717) is 17.2 Å². The van der Waals surface area contributed by atoms with E-state index in [-0.39, 0.29) is 24.0 Å². The van der Waals surface area contributed by atoms with Gasteiger partial charge in [-0.3, -0.25) is 9.20 Å². The molecule has 2 aliphatic rings. The van der Waals surface area contributed by atoms with Crippen LogP contribution in [0.3, 0.4) is 0 Å². The number of ether oxygens (including phenoxy) is 1. The highest BCUT2D eigenvalue weighted by molar-refractivity contribution is 14.0. The Hall–Kier alpha value is -1.03. The van der Waals surface area contributed by atoms with Crippen LogP contribution in [-0.4, -0.2) is 60.5 Å². The number of hydrogen-bond donors (Lipinski definition) is 2. The highest BCUT2D eigenvalue weighted by Gasteiger charge is 2.27. The molecule has 2 N–H and O–H groups in total. The summed E-state index contributed by atoms with van der Waals surface area (Å²) in [6.07, 6.45) is 5.49. The van der Waals surface area contributed by atoms with Crippen LogP contribution in [0.25, 0.3) is 0 Å². The number of benzene rings is 1. The molecule has 0 spiro atoms. The zero-order chi connectivity index (χ0) is 21.3. The monoisotopic (exact) mass is 562 g/mol. The third-order valence-electron chi connectivity index (χ3n) is 6.19. The second-order valence-corrected chi connectivity index (χ2v) is 10.3. The van der Waals surface area contributed by atoms with E-state index in [9.17, 15) is 4.21 Å². The van der Waals surface area contributed by atoms with Gasteiger partial charge in [0.15, 0.2) is 5.96 Å². The number of nitrogens with one attached hydrogen (secondary N) is 2. The molecule has 8 heteroatoms. The van der Waals surface area contributed by atoms with E-state index in [2.05, 4.69) is 34.6 Å². The number of nitrogens with zero attached hydrogens (tertiary/aromatic N) is 2. The summed E-state index contributed by atoms with van der Waals surface area (Å²) in [5.74, 6) is 3.14. The van der Waals surface area contributed by atoms with E-state index in [1.54, 1.807) is 7.11 Å². The Labute approximate surface area is 207 Å². The summed E-state index contributed by atoms with van der Waals surface area (Å²) < 4.78 is 17.8. The second kappa shape index (κ2) is 13.5. The minimum Gasteiger partial charge on any atom is -0.495 e. The quantitative estimate of drug-likeness (QED) is 0.287. The molecule has 176 valence electrons. The molecule has 4 atom stereocenters. The Balaban J connectivity index is 0.00000341. The maximum Gasteiger partial charge on any atom is 0.191 e. The average Bonchev–Trinajstić information content (AvgIpc) is 3.26. The van der Waals surface area contributed by atoms with Gasteiger partial charge in [0.05, 0.1) is 12.8 Å². The largest absolute Gasteiger partial charge is 0.495 e. The lowest BCUT2D eigenvalue weighted by Crippen LogP contribution is -2.46. The van der Waals surface area contributed by atoms with Gasteiger partial charge in [-0.2, -0.15) is 0 Å². The Bertz CT molecular complexity index is 733. The molecular formula is C23H39IN4O2S. The van der Waals surface area contributed by atoms with Gasteiger partial charge in [0.2, 0.25) is 0 Å². The Kier molecular flexibility index (Phi) is 11.4. The first-order valence-electron chi connectivity index (χ1n) is 11.4. The molecule has 0 bridgehead atoms. The summed E-state index contributed by atoms with van der Waals surface area (Å²) in [6, 6.07) is 8.61. The predicted molar refractivity (Wildman–Crippen MR) is 143 cm³/mol. The molecule has 1 aliphatic heterocycles. The zero-order valence-electron chi connectivity index (χ0n) is 19.1. The molecule has 2 fully saturated rings. The molecule has 0 amide bonds. The Morgan fingerprint density at radius 3 is 2.81 bits per heavy atom. The third kappa shape index (κ3) is 7.51. The SMILES string of the molecule is CCNC(=NCC1CCN(c2ccccc2OC)C1)NC1CCCC(S(=O)CC)C1.I. The number of aliphatic imine (C=N–C) groups is 1. The van der Waals surface area contributed by atoms with Crippen molar-refractivity contribution < 1.29 is 8.95 Å². The average molecular weight is 563 g/mol. The van der Waals surface area contributed by atoms with E-state index in [1.165, 1.54) is 5.69 Å². The number of rotatable bonds is 8. The Morgan fingerprint density at radius 2 is 2.06 bits per heavy atom. The van der Waals surface area contributed by atoms with Crippen LogP contribution < -0.4 is 20.3 Å². The van der Waals surface area contributed by atoms with E-state index >= 15 is 0 Å². The smallest absolute Gasteiger partial charge is 0.191 e. The predicted octanol–water partition coefficient (Wildman–Crippen LogP) is 3.77. The summed E-state index contributed by atoms with van der Waals surface area (Å²) >= 11 is 0. The van der Waals surface area contributed by atoms with Gasteiger partial charge in [-0.05, 0) is 50.7 Å². The van der Waals surface area contributed by atoms with Gasteiger partial charge in [-0.1, -0.05) is 25.5 Å². The lowest BCUT2D eigenvalue weighted by molar-refractivity contribution is 0.413. The van der Waals surface area contributed by atoms with Gasteiger partial charge >= 0.3 is 0 Å². The first-order chi connectivity index (χ1) is 14.6. The van der Waals surface area contributed by atoms with Crippen molar-refractivity contribution in [2.45, 2.75) is 57.2 Å². The van der Waals surface area contributed by atoms with Crippen molar-refractivity contribution in [3.63, 3.8) is 0 Å². The fourth-order valence-corrected chi connectivity index (χ4v) is 5.92. The van der Waals surface area contributed by atoms with Crippen molar-refractivity contribution in [1.82, 2.24) is 10.6 Å². The summed E-state index contributed by atoms with van der Waals surface area (Å²) in [4.78, 5) is 7.32. The molecule has 1 saturated carbocycles. The standard InChI is InChI=1S/C23H38N4O2S.HI/c1-4-24-23(26-19-9-8-10-20(15-19)30(28)5-2)25-16-18-13-14-27(17-18)21-11-6-7-12-22(21)29-3;/h6-7,11-12,18-20H,4-5,8-10,13-17H2,1-3H3,(H2,24,25,26);1H. The van der Waals surface area contributed by atoms with Crippen molar-refractivity contribution in [2.24, 2.45) is 10.9 Å². The van der Waals surface area contributed by atoms with Crippen LogP contribution in [0.2, 0.25) is 0 Å². The summed E-state index contributed by atoms with van der Waals surface area (Å²) in [5.41, 5.74) is 1.17. The van der Waals surface area contributed by atoms with Crippen LogP contribution in [0.15, 0.2) is 29.3 Å². The minimum absolute atomic E-state index is 0. The van der Waals surface area contributed by atoms with E-state index in [0.717, 1.165) is 75.7 Å². The van der Waals surface area contributed by atoms with Crippen LogP contribution >= 0.6 is 24.0 Å². The van der Waals surface area contributed by atoms with Crippen molar-refractivity contribution in [1.29, 1.82) is 0 Å². The molecule has 0 radical (unpaired) electrons. The fourth-order valence-electron chi connectivity index (χ4n) is 4.58. The number of anilines is 1. The van der Waals surface area contributed by atoms with Crippen LogP contribution in [0.1, 0.15) is 46.0 Å². The molecule has 6 nitrogen and oxygen atoms in total. The number of para-hydroxylation sites is 2. The van der Waals surface area contributed by atoms with Crippen LogP contribution in [0, 0.1) is 5.92 Å². The van der Waals surface area contributed by atoms with Crippen molar-refractivity contribution in [3.8, 4) is 5.75 Å². The van der Waals surface area contributed by atoms with Crippen molar-refractivity contribution in [2.75, 3.05) is 43.9 Å². The molecule has 1 saturated heterocycles. The van der Waals surface area contributed by atoms with Gasteiger partial charge in [-0.25, -0.2) is 0 Å². The molecule has 1 aromatic rings. The van der Waals surface area contributed by atoms with E-state index in [1.807, 2.05) is 19.1 Å². The lowest BCUT2D eigenvalue weighted by atomic mass is 9.95. The summed E-state index contributed by atoms with van der Waals surface area (Å²) in [6.45, 7) is 7.83. The lowest BCUT2D eigenvalue weighted by Gasteiger charge is -2.30. The summed E-state index contributed by atoms with van der Waals surface area (Å²) in [5, 5.41) is 7.35. The van der Waals surface area contributed by atoms with Gasteiger partial charge in [0, 0.05) is 54.0 Å². The highest BCUT2D eigenvalue weighted by Crippen LogP contribution is 2.32. The second-order valence-electron chi connectivity index (χ2n) is 8.29. The van der Waals surface area contributed by atoms with Crippen molar-refractivity contribution >= 4 is 46.4 Å². The number of guanidine groups is 1. The fraction of sp³-hybridized carbons (Fsp3) is 0.696. The maximum atomic E-state index is 12.2. The first kappa shape index (κ1) is 26.2. The number of methoxy groups -OCH3 is 1. The first-order valence-corrected chi connectivity index (χ1v) is 12.8. The molecule has 4 unspecified atom stereocenters. The third-order valence-corrected chi connectivity index (χ3v) is 7.93. The topological polar surface area (TPSA) is 66.0 Å². The van der Waals surface area contributed by atoms with Gasteiger partial charge in [0.25, 0.3) is 0 Å². The molecule has 1 aromatic carbocycles. The van der Waals surface area contributed by atoms with Gasteiger partial charge in [0.1, 0.15) is 5.75 Å². The van der Waals surface area contributed by atoms with E-state index < -0.39 is 10.8 Å². The maximum absolute atomic E-state index is 12.2. The summed E-state index contributed by atoms with van der Waals surface area (Å²) in [7, 11) is 1.03. The number of hydrogen-bond acceptors (Lipinski definition) is 4.